The van der Waals surface area contributed by atoms with E-state index in [2.05, 4.69) is 15.5 Å². The smallest absolute Gasteiger partial charge is 0.362 e. The average Bonchev–Trinajstić information content (AvgIpc) is 2.81. The highest BCUT2D eigenvalue weighted by Crippen LogP contribution is 2.27. The van der Waals surface area contributed by atoms with Crippen LogP contribution in [0, 0.1) is 16.0 Å². The monoisotopic (exact) mass is 302 g/mol. The summed E-state index contributed by atoms with van der Waals surface area (Å²) in [5.74, 6) is -1.07. The fraction of sp³-hybridized carbons (Fsp3) is 0.636. The first-order chi connectivity index (χ1) is 9.54. The zero-order valence-corrected chi connectivity index (χ0v) is 11.4. The maximum Gasteiger partial charge on any atom is 0.362 e. The third-order valence-corrected chi connectivity index (χ3v) is 3.91. The van der Waals surface area contributed by atoms with Gasteiger partial charge in [0.15, 0.2) is 10.7 Å². The van der Waals surface area contributed by atoms with Crippen molar-refractivity contribution < 1.29 is 14.8 Å². The van der Waals surface area contributed by atoms with Crippen LogP contribution < -0.4 is 5.32 Å². The number of hydrogen-bond donors (Lipinski definition) is 3. The largest absolute Gasteiger partial charge is 0.396 e. The van der Waals surface area contributed by atoms with Crippen LogP contribution >= 0.6 is 11.6 Å². The maximum absolute atomic E-state index is 12.0. The highest BCUT2D eigenvalue weighted by atomic mass is 35.5. The van der Waals surface area contributed by atoms with Gasteiger partial charge in [0, 0.05) is 18.6 Å². The first-order valence-corrected chi connectivity index (χ1v) is 6.72. The fourth-order valence-corrected chi connectivity index (χ4v) is 2.68. The van der Waals surface area contributed by atoms with Gasteiger partial charge in [0.1, 0.15) is 0 Å². The summed E-state index contributed by atoms with van der Waals surface area (Å²) in [5, 5.41) is 28.1. The number of amides is 1. The Morgan fingerprint density at radius 3 is 2.85 bits per heavy atom. The van der Waals surface area contributed by atoms with E-state index < -0.39 is 16.6 Å². The number of aliphatic hydroxyl groups is 1. The van der Waals surface area contributed by atoms with Crippen molar-refractivity contribution in [3.8, 4) is 0 Å². The molecule has 1 aromatic heterocycles. The van der Waals surface area contributed by atoms with Gasteiger partial charge in [0.05, 0.1) is 0 Å². The van der Waals surface area contributed by atoms with Gasteiger partial charge in [-0.15, -0.1) is 5.10 Å². The fourth-order valence-electron chi connectivity index (χ4n) is 2.44. The molecule has 0 aromatic carbocycles. The molecule has 110 valence electrons. The molecule has 2 unspecified atom stereocenters. The van der Waals surface area contributed by atoms with Crippen molar-refractivity contribution in [2.45, 2.75) is 31.7 Å². The topological polar surface area (TPSA) is 121 Å². The molecule has 1 fully saturated rings. The molecule has 1 saturated carbocycles. The van der Waals surface area contributed by atoms with E-state index in [9.17, 15) is 20.0 Å². The second-order valence-corrected chi connectivity index (χ2v) is 5.18. The Bertz CT molecular complexity index is 519. The molecule has 1 aromatic rings. The van der Waals surface area contributed by atoms with E-state index in [0.29, 0.717) is 0 Å². The summed E-state index contributed by atoms with van der Waals surface area (Å²) in [6.45, 7) is -0.000603. The Morgan fingerprint density at radius 2 is 2.25 bits per heavy atom. The lowest BCUT2D eigenvalue weighted by molar-refractivity contribution is -0.389. The third kappa shape index (κ3) is 2.91. The lowest BCUT2D eigenvalue weighted by Gasteiger charge is -2.30. The van der Waals surface area contributed by atoms with Gasteiger partial charge in [-0.3, -0.25) is 4.79 Å². The van der Waals surface area contributed by atoms with Gasteiger partial charge in [-0.2, -0.15) is 0 Å². The molecular weight excluding hydrogens is 288 g/mol. The zero-order chi connectivity index (χ0) is 14.7. The number of H-pyrrole nitrogens is 1. The maximum atomic E-state index is 12.0. The number of halogens is 1. The van der Waals surface area contributed by atoms with Crippen molar-refractivity contribution in [1.82, 2.24) is 15.5 Å². The number of aromatic nitrogens is 2. The summed E-state index contributed by atoms with van der Waals surface area (Å²) in [7, 11) is 0. The molecule has 2 atom stereocenters. The van der Waals surface area contributed by atoms with Gasteiger partial charge in [-0.25, -0.2) is 0 Å². The predicted octanol–water partition coefficient (Wildman–Crippen LogP) is 1.25. The third-order valence-electron chi connectivity index (χ3n) is 3.55. The standard InChI is InChI=1S/C11H15ClN4O4/c12-8-9(14-15-10(8)16(19)20)11(18)13-7-4-2-1-3-6(7)5-17/h6-7,17H,1-5H2,(H,13,18)(H,14,15). The molecule has 9 heteroatoms. The second kappa shape index (κ2) is 6.19. The number of carbonyl (C=O) groups is 1. The predicted molar refractivity (Wildman–Crippen MR) is 70.6 cm³/mol. The van der Waals surface area contributed by atoms with Crippen molar-refractivity contribution in [3.05, 3.63) is 20.8 Å². The first kappa shape index (κ1) is 14.7. The second-order valence-electron chi connectivity index (χ2n) is 4.80. The first-order valence-electron chi connectivity index (χ1n) is 6.34. The number of nitrogens with one attached hydrogen (secondary N) is 2. The van der Waals surface area contributed by atoms with Crippen LogP contribution in [0.3, 0.4) is 0 Å². The van der Waals surface area contributed by atoms with Crippen molar-refractivity contribution in [3.63, 3.8) is 0 Å². The summed E-state index contributed by atoms with van der Waals surface area (Å²) in [4.78, 5) is 21.9. The summed E-state index contributed by atoms with van der Waals surface area (Å²) < 4.78 is 0. The van der Waals surface area contributed by atoms with Crippen molar-refractivity contribution in [2.24, 2.45) is 5.92 Å². The number of hydrogen-bond acceptors (Lipinski definition) is 5. The number of aromatic amines is 1. The van der Waals surface area contributed by atoms with Gasteiger partial charge >= 0.3 is 5.82 Å². The minimum atomic E-state index is -0.733. The van der Waals surface area contributed by atoms with Gasteiger partial charge in [0.25, 0.3) is 5.91 Å². The van der Waals surface area contributed by atoms with Gasteiger partial charge in [0.2, 0.25) is 0 Å². The molecule has 1 amide bonds. The molecule has 1 aliphatic rings. The molecule has 0 spiro atoms. The zero-order valence-electron chi connectivity index (χ0n) is 10.6. The summed E-state index contributed by atoms with van der Waals surface area (Å²) >= 11 is 5.76. The molecule has 0 aliphatic heterocycles. The Hall–Kier alpha value is -1.67. The molecule has 2 rings (SSSR count). The van der Waals surface area contributed by atoms with Crippen LogP contribution in [0.4, 0.5) is 5.82 Å². The van der Waals surface area contributed by atoms with E-state index in [1.807, 2.05) is 0 Å². The highest BCUT2D eigenvalue weighted by molar-refractivity contribution is 6.35. The van der Waals surface area contributed by atoms with Gasteiger partial charge in [-0.1, -0.05) is 29.5 Å². The van der Waals surface area contributed by atoms with Crippen LogP contribution in [0.25, 0.3) is 0 Å². The van der Waals surface area contributed by atoms with Crippen LogP contribution in [0.5, 0.6) is 0 Å². The van der Waals surface area contributed by atoms with E-state index in [1.54, 1.807) is 0 Å². The molecule has 3 N–H and O–H groups in total. The number of carbonyl (C=O) groups excluding carboxylic acids is 1. The van der Waals surface area contributed by atoms with E-state index in [0.717, 1.165) is 25.7 Å². The summed E-state index contributed by atoms with van der Waals surface area (Å²) in [6.07, 6.45) is 3.60. The van der Waals surface area contributed by atoms with E-state index in [1.165, 1.54) is 0 Å². The molecular formula is C11H15ClN4O4. The lowest BCUT2D eigenvalue weighted by atomic mass is 9.85. The van der Waals surface area contributed by atoms with Crippen LogP contribution in [0.15, 0.2) is 0 Å². The molecule has 20 heavy (non-hydrogen) atoms. The molecule has 0 saturated heterocycles. The van der Waals surface area contributed by atoms with E-state index in [-0.39, 0.29) is 29.3 Å². The van der Waals surface area contributed by atoms with Gasteiger partial charge in [-0.05, 0) is 17.8 Å². The Kier molecular flexibility index (Phi) is 4.56. The Balaban J connectivity index is 2.10. The van der Waals surface area contributed by atoms with E-state index in [4.69, 9.17) is 11.6 Å². The highest BCUT2D eigenvalue weighted by Gasteiger charge is 2.30. The van der Waals surface area contributed by atoms with Crippen molar-refractivity contribution in [2.75, 3.05) is 6.61 Å². The number of nitrogens with zero attached hydrogens (tertiary/aromatic N) is 2. The number of nitro groups is 1. The normalized spacial score (nSPS) is 22.5. The molecule has 0 bridgehead atoms. The van der Waals surface area contributed by atoms with Crippen LogP contribution in [-0.2, 0) is 0 Å². The van der Waals surface area contributed by atoms with Crippen LogP contribution in [0.1, 0.15) is 36.2 Å². The summed E-state index contributed by atoms with van der Waals surface area (Å²) in [5.41, 5.74) is -0.194. The molecule has 1 aliphatic carbocycles. The number of rotatable bonds is 4. The Labute approximate surface area is 119 Å². The van der Waals surface area contributed by atoms with Crippen LogP contribution in [-0.4, -0.2) is 38.8 Å². The molecule has 8 nitrogen and oxygen atoms in total. The Morgan fingerprint density at radius 1 is 1.55 bits per heavy atom. The minimum absolute atomic E-state index is 0.000373. The van der Waals surface area contributed by atoms with Crippen LogP contribution in [0.2, 0.25) is 5.02 Å². The summed E-state index contributed by atoms with van der Waals surface area (Å²) in [6, 6.07) is -0.159. The quantitative estimate of drug-likeness (QED) is 0.571. The lowest BCUT2D eigenvalue weighted by Crippen LogP contribution is -2.43. The average molecular weight is 303 g/mol. The van der Waals surface area contributed by atoms with E-state index >= 15 is 0 Å². The molecule has 0 radical (unpaired) electrons. The minimum Gasteiger partial charge on any atom is -0.396 e. The SMILES string of the molecule is O=C(NC1CCCCC1CO)c1n[nH]c([N+](=O)[O-])c1Cl. The van der Waals surface area contributed by atoms with Gasteiger partial charge < -0.3 is 20.5 Å². The van der Waals surface area contributed by atoms with Crippen molar-refractivity contribution in [1.29, 1.82) is 0 Å². The van der Waals surface area contributed by atoms with Crippen molar-refractivity contribution >= 4 is 23.3 Å². The number of aliphatic hydroxyl groups excluding tert-OH is 1. The molecule has 1 heterocycles.